The first-order chi connectivity index (χ1) is 16.9. The lowest BCUT2D eigenvalue weighted by Crippen LogP contribution is -2.41. The molecule has 0 saturated carbocycles. The first-order valence-electron chi connectivity index (χ1n) is 11.7. The Bertz CT molecular complexity index is 1150. The maximum atomic E-state index is 12.6. The van der Waals surface area contributed by atoms with Gasteiger partial charge in [-0.05, 0) is 49.8 Å². The highest BCUT2D eigenvalue weighted by molar-refractivity contribution is 6.15. The van der Waals surface area contributed by atoms with Crippen molar-refractivity contribution in [3.63, 3.8) is 0 Å². The summed E-state index contributed by atoms with van der Waals surface area (Å²) in [6, 6.07) is 11.5. The highest BCUT2D eigenvalue weighted by Gasteiger charge is 2.36. The summed E-state index contributed by atoms with van der Waals surface area (Å²) in [7, 11) is 7.09. The van der Waals surface area contributed by atoms with Gasteiger partial charge in [-0.25, -0.2) is 0 Å². The smallest absolute Gasteiger partial charge is 0.280 e. The number of hydrogen-bond acceptors (Lipinski definition) is 6. The van der Waals surface area contributed by atoms with Crippen LogP contribution in [-0.2, 0) is 0 Å². The molecule has 2 aromatic carbocycles. The maximum Gasteiger partial charge on any atom is 0.280 e. The number of fused-ring (bicyclic) bond motifs is 3. The summed E-state index contributed by atoms with van der Waals surface area (Å²) in [4.78, 5) is 25.6. The second kappa shape index (κ2) is 10.5. The van der Waals surface area contributed by atoms with Crippen LogP contribution in [0.2, 0.25) is 0 Å². The quantitative estimate of drug-likeness (QED) is 0.479. The molecule has 2 heterocycles. The highest BCUT2D eigenvalue weighted by atomic mass is 16.5. The molecule has 2 aliphatic rings. The van der Waals surface area contributed by atoms with Crippen molar-refractivity contribution < 1.29 is 19.4 Å². The third-order valence-electron chi connectivity index (χ3n) is 6.73. The van der Waals surface area contributed by atoms with Gasteiger partial charge in [0.2, 0.25) is 0 Å². The zero-order valence-corrected chi connectivity index (χ0v) is 20.7. The van der Waals surface area contributed by atoms with E-state index < -0.39 is 5.91 Å². The normalized spacial score (nSPS) is 19.9. The average molecular weight is 480 g/mol. The number of aliphatic imine (C=N–C) groups is 2. The number of piperidine rings is 1. The van der Waals surface area contributed by atoms with Crippen molar-refractivity contribution in [3.8, 4) is 11.5 Å². The van der Waals surface area contributed by atoms with E-state index in [9.17, 15) is 4.79 Å². The van der Waals surface area contributed by atoms with Gasteiger partial charge in [0, 0.05) is 42.7 Å². The highest BCUT2D eigenvalue weighted by Crippen LogP contribution is 2.42. The lowest BCUT2D eigenvalue weighted by Gasteiger charge is -2.39. The van der Waals surface area contributed by atoms with Crippen LogP contribution in [0.4, 0.5) is 0 Å². The first kappa shape index (κ1) is 24.7. The largest absolute Gasteiger partial charge is 0.493 e. The summed E-state index contributed by atoms with van der Waals surface area (Å²) in [6.07, 6.45) is 0.977. The summed E-state index contributed by atoms with van der Waals surface area (Å²) in [5, 5.41) is 9.04. The number of nitrogens with two attached hydrogens (primary N) is 1. The second-order valence-electron chi connectivity index (χ2n) is 8.99. The molecule has 0 radical (unpaired) electrons. The number of aliphatic hydroxyl groups excluding tert-OH is 1. The Hall–Kier alpha value is -3.43. The molecular formula is C26H33N5O4. The molecule has 1 amide bonds. The van der Waals surface area contributed by atoms with E-state index in [4.69, 9.17) is 25.3 Å². The van der Waals surface area contributed by atoms with E-state index >= 15 is 0 Å². The fourth-order valence-electron chi connectivity index (χ4n) is 4.72. The predicted molar refractivity (Wildman–Crippen MR) is 136 cm³/mol. The molecule has 0 spiro atoms. The number of methoxy groups -OCH3 is 2. The Morgan fingerprint density at radius 2 is 1.91 bits per heavy atom. The number of guanidine groups is 1. The molecule has 0 aromatic heterocycles. The lowest BCUT2D eigenvalue weighted by atomic mass is 9.79. The van der Waals surface area contributed by atoms with Gasteiger partial charge in [0.1, 0.15) is 0 Å². The number of carbonyl (C=O) groups excluding carboxylic acids is 1. The van der Waals surface area contributed by atoms with Crippen LogP contribution in [-0.4, -0.2) is 93.1 Å². The van der Waals surface area contributed by atoms with Crippen LogP contribution in [0.5, 0.6) is 11.5 Å². The van der Waals surface area contributed by atoms with Crippen molar-refractivity contribution >= 4 is 17.6 Å². The fourth-order valence-corrected chi connectivity index (χ4v) is 4.72. The molecule has 2 atom stereocenters. The van der Waals surface area contributed by atoms with Crippen LogP contribution < -0.4 is 15.2 Å². The number of rotatable bonds is 6. The Balaban J connectivity index is 1.69. The topological polar surface area (TPSA) is 113 Å². The van der Waals surface area contributed by atoms with Gasteiger partial charge in [0.25, 0.3) is 5.91 Å². The number of ether oxygens (including phenoxy) is 2. The lowest BCUT2D eigenvalue weighted by molar-refractivity contribution is 0.100. The van der Waals surface area contributed by atoms with Crippen molar-refractivity contribution in [1.82, 2.24) is 9.80 Å². The summed E-state index contributed by atoms with van der Waals surface area (Å²) >= 11 is 0. The maximum absolute atomic E-state index is 12.6. The number of amides is 1. The monoisotopic (exact) mass is 479 g/mol. The van der Waals surface area contributed by atoms with Crippen molar-refractivity contribution in [3.05, 3.63) is 58.7 Å². The molecule has 9 heteroatoms. The van der Waals surface area contributed by atoms with Gasteiger partial charge in [0.15, 0.2) is 17.5 Å². The van der Waals surface area contributed by atoms with E-state index in [1.165, 1.54) is 10.5 Å². The minimum absolute atomic E-state index is 0.0630. The number of likely N-dealkylation sites (N-methyl/N-ethyl adjacent to an activating group) is 2. The molecule has 1 saturated heterocycles. The van der Waals surface area contributed by atoms with Crippen LogP contribution in [0.15, 0.2) is 46.4 Å². The van der Waals surface area contributed by atoms with Gasteiger partial charge in [0.05, 0.1) is 32.6 Å². The molecule has 2 aromatic rings. The number of likely N-dealkylation sites (tertiary alicyclic amines) is 1. The third-order valence-corrected chi connectivity index (χ3v) is 6.73. The number of hydrogen-bond donors (Lipinski definition) is 2. The fraction of sp³-hybridized carbons (Fsp3) is 0.423. The summed E-state index contributed by atoms with van der Waals surface area (Å²) in [5.74, 6) is 1.27. The zero-order valence-electron chi connectivity index (χ0n) is 20.7. The standard InChI is InChI=1S/C26H33N5O4/c1-30-10-9-21-20(15-30)18-13-22(34-3)23(35-4)14-19(18)24(28-21)16-5-7-17(8-6-16)25(33)29-26(27)31(2)11-12-32/h5-8,13-14,20-21,32H,9-12,15H2,1-4H3,(H2,27,29,33). The molecule has 35 heavy (non-hydrogen) atoms. The Labute approximate surface area is 205 Å². The minimum Gasteiger partial charge on any atom is -0.493 e. The van der Waals surface area contributed by atoms with Gasteiger partial charge in [-0.15, -0.1) is 0 Å². The molecular weight excluding hydrogens is 446 g/mol. The van der Waals surface area contributed by atoms with Gasteiger partial charge >= 0.3 is 0 Å². The summed E-state index contributed by atoms with van der Waals surface area (Å²) in [6.45, 7) is 2.15. The number of nitrogens with zero attached hydrogens (tertiary/aromatic N) is 4. The Morgan fingerprint density at radius 1 is 1.23 bits per heavy atom. The molecule has 2 aliphatic heterocycles. The molecule has 0 bridgehead atoms. The van der Waals surface area contributed by atoms with E-state index in [2.05, 4.69) is 23.0 Å². The number of aliphatic hydroxyl groups is 1. The molecule has 4 rings (SSSR count). The SMILES string of the molecule is COc1cc2c(cc1OC)C1CN(C)CCC1N=C2c1ccc(C(=O)N=C(N)N(C)CCO)cc1. The molecule has 9 nitrogen and oxygen atoms in total. The van der Waals surface area contributed by atoms with Gasteiger partial charge in [-0.1, -0.05) is 12.1 Å². The molecule has 186 valence electrons. The molecule has 0 aliphatic carbocycles. The number of carbonyl (C=O) groups is 1. The van der Waals surface area contributed by atoms with Crippen molar-refractivity contribution in [1.29, 1.82) is 0 Å². The predicted octanol–water partition coefficient (Wildman–Crippen LogP) is 1.72. The molecule has 1 fully saturated rings. The molecule has 3 N–H and O–H groups in total. The van der Waals surface area contributed by atoms with Gasteiger partial charge in [-0.2, -0.15) is 4.99 Å². The van der Waals surface area contributed by atoms with E-state index in [1.54, 1.807) is 33.4 Å². The van der Waals surface area contributed by atoms with Crippen molar-refractivity contribution in [2.45, 2.75) is 18.4 Å². The van der Waals surface area contributed by atoms with Gasteiger partial charge in [-0.3, -0.25) is 9.79 Å². The summed E-state index contributed by atoms with van der Waals surface area (Å²) < 4.78 is 11.2. The molecule has 2 unspecified atom stereocenters. The second-order valence-corrected chi connectivity index (χ2v) is 8.99. The van der Waals surface area contributed by atoms with E-state index in [0.717, 1.165) is 36.3 Å². The van der Waals surface area contributed by atoms with Crippen molar-refractivity contribution in [2.24, 2.45) is 15.7 Å². The minimum atomic E-state index is -0.438. The van der Waals surface area contributed by atoms with Crippen LogP contribution in [0.3, 0.4) is 0 Å². The van der Waals surface area contributed by atoms with Gasteiger partial charge < -0.3 is 30.1 Å². The van der Waals surface area contributed by atoms with E-state index in [-0.39, 0.29) is 24.5 Å². The van der Waals surface area contributed by atoms with E-state index in [1.807, 2.05) is 18.2 Å². The van der Waals surface area contributed by atoms with Crippen LogP contribution in [0.1, 0.15) is 39.4 Å². The Kier molecular flexibility index (Phi) is 7.37. The van der Waals surface area contributed by atoms with E-state index in [0.29, 0.717) is 23.6 Å². The van der Waals surface area contributed by atoms with Crippen molar-refractivity contribution in [2.75, 3.05) is 54.6 Å². The zero-order chi connectivity index (χ0) is 25.1. The van der Waals surface area contributed by atoms with Crippen LogP contribution >= 0.6 is 0 Å². The van der Waals surface area contributed by atoms with Crippen LogP contribution in [0.25, 0.3) is 0 Å². The Morgan fingerprint density at radius 3 is 2.57 bits per heavy atom. The number of benzene rings is 2. The summed E-state index contributed by atoms with van der Waals surface area (Å²) in [5.41, 5.74) is 10.3. The first-order valence-corrected chi connectivity index (χ1v) is 11.7. The average Bonchev–Trinajstić information content (AvgIpc) is 2.87. The van der Waals surface area contributed by atoms with Crippen LogP contribution in [0, 0.1) is 0 Å². The third kappa shape index (κ3) is 5.01.